The molecule has 1 fully saturated rings. The normalized spacial score (nSPS) is 15.8. The van der Waals surface area contributed by atoms with Crippen molar-refractivity contribution in [3.8, 4) is 0 Å². The SMILES string of the molecule is Cc1ccc(Br)cc1NC(=O)CCNC(=O)C(N)C1CCOCC1.Cl. The van der Waals surface area contributed by atoms with Crippen LogP contribution in [0.25, 0.3) is 0 Å². The van der Waals surface area contributed by atoms with Gasteiger partial charge in [-0.1, -0.05) is 22.0 Å². The largest absolute Gasteiger partial charge is 0.381 e. The van der Waals surface area contributed by atoms with Gasteiger partial charge in [0.15, 0.2) is 0 Å². The van der Waals surface area contributed by atoms with Gasteiger partial charge in [0, 0.05) is 36.3 Å². The van der Waals surface area contributed by atoms with Crippen molar-refractivity contribution in [2.24, 2.45) is 11.7 Å². The van der Waals surface area contributed by atoms with Crippen molar-refractivity contribution in [2.75, 3.05) is 25.1 Å². The highest BCUT2D eigenvalue weighted by Crippen LogP contribution is 2.20. The summed E-state index contributed by atoms with van der Waals surface area (Å²) in [5.74, 6) is -0.193. The predicted molar refractivity (Wildman–Crippen MR) is 104 cm³/mol. The number of carbonyl (C=O) groups is 2. The summed E-state index contributed by atoms with van der Waals surface area (Å²) in [4.78, 5) is 24.1. The Morgan fingerprint density at radius 1 is 1.36 bits per heavy atom. The Labute approximate surface area is 162 Å². The van der Waals surface area contributed by atoms with Gasteiger partial charge < -0.3 is 21.1 Å². The van der Waals surface area contributed by atoms with Crippen molar-refractivity contribution >= 4 is 45.8 Å². The molecule has 8 heteroatoms. The number of halogens is 2. The van der Waals surface area contributed by atoms with Crippen molar-refractivity contribution in [3.63, 3.8) is 0 Å². The van der Waals surface area contributed by atoms with E-state index in [1.165, 1.54) is 0 Å². The molecule has 1 aliphatic rings. The van der Waals surface area contributed by atoms with E-state index in [-0.39, 0.29) is 43.1 Å². The van der Waals surface area contributed by atoms with E-state index in [0.717, 1.165) is 28.6 Å². The molecule has 25 heavy (non-hydrogen) atoms. The number of nitrogens with one attached hydrogen (secondary N) is 2. The Balaban J connectivity index is 0.00000312. The van der Waals surface area contributed by atoms with Gasteiger partial charge in [-0.2, -0.15) is 0 Å². The van der Waals surface area contributed by atoms with Crippen LogP contribution >= 0.6 is 28.3 Å². The minimum Gasteiger partial charge on any atom is -0.381 e. The molecule has 1 unspecified atom stereocenters. The van der Waals surface area contributed by atoms with Crippen molar-refractivity contribution < 1.29 is 14.3 Å². The lowest BCUT2D eigenvalue weighted by Gasteiger charge is -2.26. The summed E-state index contributed by atoms with van der Waals surface area (Å²) in [6, 6.07) is 5.16. The first-order chi connectivity index (χ1) is 11.5. The van der Waals surface area contributed by atoms with E-state index in [0.29, 0.717) is 13.2 Å². The lowest BCUT2D eigenvalue weighted by molar-refractivity contribution is -0.124. The van der Waals surface area contributed by atoms with Gasteiger partial charge in [0.05, 0.1) is 6.04 Å². The van der Waals surface area contributed by atoms with E-state index in [1.807, 2.05) is 25.1 Å². The van der Waals surface area contributed by atoms with Crippen LogP contribution in [-0.4, -0.2) is 37.6 Å². The molecule has 0 radical (unpaired) electrons. The molecule has 0 saturated carbocycles. The number of aryl methyl sites for hydroxylation is 1. The Morgan fingerprint density at radius 2 is 2.04 bits per heavy atom. The molecule has 1 aliphatic heterocycles. The number of carbonyl (C=O) groups excluding carboxylic acids is 2. The number of anilines is 1. The molecule has 1 aromatic rings. The third-order valence-electron chi connectivity index (χ3n) is 4.20. The number of hydrogen-bond donors (Lipinski definition) is 3. The van der Waals surface area contributed by atoms with Gasteiger partial charge in [0.2, 0.25) is 11.8 Å². The van der Waals surface area contributed by atoms with Gasteiger partial charge in [-0.3, -0.25) is 9.59 Å². The maximum Gasteiger partial charge on any atom is 0.237 e. The third-order valence-corrected chi connectivity index (χ3v) is 4.69. The lowest BCUT2D eigenvalue weighted by atomic mass is 9.92. The Morgan fingerprint density at radius 3 is 2.72 bits per heavy atom. The summed E-state index contributed by atoms with van der Waals surface area (Å²) in [6.45, 7) is 3.51. The highest BCUT2D eigenvalue weighted by Gasteiger charge is 2.26. The summed E-state index contributed by atoms with van der Waals surface area (Å²) < 4.78 is 6.18. The number of benzene rings is 1. The van der Waals surface area contributed by atoms with Gasteiger partial charge >= 0.3 is 0 Å². The first kappa shape index (κ1) is 21.9. The zero-order valence-electron chi connectivity index (χ0n) is 14.2. The van der Waals surface area contributed by atoms with Crippen LogP contribution in [0.15, 0.2) is 22.7 Å². The second-order valence-corrected chi connectivity index (χ2v) is 6.94. The summed E-state index contributed by atoms with van der Waals surface area (Å²) in [5.41, 5.74) is 7.74. The first-order valence-corrected chi connectivity index (χ1v) is 8.93. The van der Waals surface area contributed by atoms with Gasteiger partial charge in [0.1, 0.15) is 0 Å². The van der Waals surface area contributed by atoms with Gasteiger partial charge in [-0.25, -0.2) is 0 Å². The fourth-order valence-corrected chi connectivity index (χ4v) is 3.01. The molecule has 1 heterocycles. The van der Waals surface area contributed by atoms with E-state index < -0.39 is 6.04 Å². The smallest absolute Gasteiger partial charge is 0.237 e. The van der Waals surface area contributed by atoms with Gasteiger partial charge in [0.25, 0.3) is 0 Å². The van der Waals surface area contributed by atoms with Crippen LogP contribution in [0.3, 0.4) is 0 Å². The van der Waals surface area contributed by atoms with E-state index in [2.05, 4.69) is 26.6 Å². The van der Waals surface area contributed by atoms with E-state index in [1.54, 1.807) is 0 Å². The number of ether oxygens (including phenoxy) is 1. The van der Waals surface area contributed by atoms with Crippen molar-refractivity contribution in [2.45, 2.75) is 32.2 Å². The third kappa shape index (κ3) is 6.93. The summed E-state index contributed by atoms with van der Waals surface area (Å²) in [7, 11) is 0. The fraction of sp³-hybridized carbons (Fsp3) is 0.529. The zero-order chi connectivity index (χ0) is 17.5. The Bertz CT molecular complexity index is 595. The molecule has 1 saturated heterocycles. The van der Waals surface area contributed by atoms with Crippen LogP contribution in [-0.2, 0) is 14.3 Å². The molecular weight excluding hydrogens is 410 g/mol. The first-order valence-electron chi connectivity index (χ1n) is 8.14. The maximum absolute atomic E-state index is 12.1. The molecule has 0 aromatic heterocycles. The predicted octanol–water partition coefficient (Wildman–Crippen LogP) is 2.38. The highest BCUT2D eigenvalue weighted by atomic mass is 79.9. The lowest BCUT2D eigenvalue weighted by Crippen LogP contribution is -2.47. The van der Waals surface area contributed by atoms with Crippen LogP contribution in [0.5, 0.6) is 0 Å². The Hall–Kier alpha value is -1.15. The summed E-state index contributed by atoms with van der Waals surface area (Å²) in [5, 5.41) is 5.60. The molecule has 2 rings (SSSR count). The molecule has 1 atom stereocenters. The number of nitrogens with two attached hydrogens (primary N) is 1. The quantitative estimate of drug-likeness (QED) is 0.641. The average Bonchev–Trinajstić information content (AvgIpc) is 2.58. The monoisotopic (exact) mass is 433 g/mol. The summed E-state index contributed by atoms with van der Waals surface area (Å²) in [6.07, 6.45) is 1.81. The van der Waals surface area contributed by atoms with Gasteiger partial charge in [-0.15, -0.1) is 12.4 Å². The van der Waals surface area contributed by atoms with Gasteiger partial charge in [-0.05, 0) is 43.4 Å². The molecule has 6 nitrogen and oxygen atoms in total. The van der Waals surface area contributed by atoms with Crippen LogP contribution in [0, 0.1) is 12.8 Å². The van der Waals surface area contributed by atoms with E-state index in [4.69, 9.17) is 10.5 Å². The van der Waals surface area contributed by atoms with E-state index >= 15 is 0 Å². The maximum atomic E-state index is 12.1. The molecule has 0 bridgehead atoms. The second-order valence-electron chi connectivity index (χ2n) is 6.02. The second kappa shape index (κ2) is 10.8. The number of hydrogen-bond acceptors (Lipinski definition) is 4. The molecule has 4 N–H and O–H groups in total. The van der Waals surface area contributed by atoms with Crippen LogP contribution in [0.2, 0.25) is 0 Å². The average molecular weight is 435 g/mol. The molecule has 2 amide bonds. The van der Waals surface area contributed by atoms with Crippen molar-refractivity contribution in [1.29, 1.82) is 0 Å². The molecule has 0 aliphatic carbocycles. The van der Waals surface area contributed by atoms with Crippen LogP contribution in [0.1, 0.15) is 24.8 Å². The van der Waals surface area contributed by atoms with E-state index in [9.17, 15) is 9.59 Å². The van der Waals surface area contributed by atoms with Crippen LogP contribution < -0.4 is 16.4 Å². The standard InChI is InChI=1S/C17H24BrN3O3.ClH/c1-11-2-3-13(18)10-14(11)21-15(22)4-7-20-17(23)16(19)12-5-8-24-9-6-12;/h2-3,10,12,16H,4-9,19H2,1H3,(H,20,23)(H,21,22);1H. The highest BCUT2D eigenvalue weighted by molar-refractivity contribution is 9.10. The van der Waals surface area contributed by atoms with Crippen molar-refractivity contribution in [3.05, 3.63) is 28.2 Å². The summed E-state index contributed by atoms with van der Waals surface area (Å²) >= 11 is 3.38. The minimum atomic E-state index is -0.538. The fourth-order valence-electron chi connectivity index (χ4n) is 2.65. The molecular formula is C17H25BrClN3O3. The molecule has 0 spiro atoms. The van der Waals surface area contributed by atoms with Crippen molar-refractivity contribution in [1.82, 2.24) is 5.32 Å². The molecule has 1 aromatic carbocycles. The number of rotatable bonds is 6. The Kier molecular flexibility index (Phi) is 9.42. The number of amides is 2. The zero-order valence-corrected chi connectivity index (χ0v) is 16.6. The molecule has 140 valence electrons. The topological polar surface area (TPSA) is 93.5 Å². The minimum absolute atomic E-state index is 0. The van der Waals surface area contributed by atoms with Crippen LogP contribution in [0.4, 0.5) is 5.69 Å².